The molecule has 0 radical (unpaired) electrons. The number of hydrogen-bond acceptors (Lipinski definition) is 2. The van der Waals surface area contributed by atoms with Crippen LogP contribution >= 0.6 is 0 Å². The Morgan fingerprint density at radius 3 is 2.43 bits per heavy atom. The molecule has 0 bridgehead atoms. The van der Waals surface area contributed by atoms with Gasteiger partial charge in [-0.1, -0.05) is 32.0 Å². The highest BCUT2D eigenvalue weighted by molar-refractivity contribution is 6.39. The Kier molecular flexibility index (Phi) is 5.37. The van der Waals surface area contributed by atoms with E-state index in [0.717, 1.165) is 49.3 Å². The molecule has 1 fully saturated rings. The Morgan fingerprint density at radius 1 is 1.10 bits per heavy atom. The molecular weight excluding hydrogens is 264 g/mol. The van der Waals surface area contributed by atoms with Gasteiger partial charge >= 0.3 is 11.8 Å². The molecule has 1 aromatic carbocycles. The molecule has 21 heavy (non-hydrogen) atoms. The van der Waals surface area contributed by atoms with Crippen molar-refractivity contribution >= 4 is 17.5 Å². The number of anilines is 1. The minimum Gasteiger partial charge on any atom is -0.345 e. The van der Waals surface area contributed by atoms with Crippen LogP contribution < -0.4 is 10.6 Å². The maximum absolute atomic E-state index is 12.0. The lowest BCUT2D eigenvalue weighted by Gasteiger charge is -2.26. The van der Waals surface area contributed by atoms with Crippen LogP contribution in [0.2, 0.25) is 0 Å². The van der Waals surface area contributed by atoms with Gasteiger partial charge in [-0.2, -0.15) is 0 Å². The molecule has 0 aromatic heterocycles. The molecule has 2 amide bonds. The molecule has 0 heterocycles. The molecule has 1 aromatic rings. The van der Waals surface area contributed by atoms with Crippen molar-refractivity contribution in [3.63, 3.8) is 0 Å². The molecule has 0 atom stereocenters. The Hall–Kier alpha value is -1.84. The summed E-state index contributed by atoms with van der Waals surface area (Å²) < 4.78 is 0. The molecule has 1 aliphatic rings. The van der Waals surface area contributed by atoms with E-state index in [2.05, 4.69) is 17.6 Å². The lowest BCUT2D eigenvalue weighted by Crippen LogP contribution is -2.43. The van der Waals surface area contributed by atoms with Crippen LogP contribution in [-0.4, -0.2) is 17.9 Å². The van der Waals surface area contributed by atoms with E-state index in [1.165, 1.54) is 0 Å². The molecule has 0 spiro atoms. The fourth-order valence-electron chi connectivity index (χ4n) is 2.78. The number of benzene rings is 1. The van der Waals surface area contributed by atoms with Gasteiger partial charge in [0.2, 0.25) is 0 Å². The fourth-order valence-corrected chi connectivity index (χ4v) is 2.78. The number of amides is 2. The van der Waals surface area contributed by atoms with Crippen molar-refractivity contribution in [1.82, 2.24) is 5.32 Å². The maximum atomic E-state index is 12.0. The Morgan fingerprint density at radius 2 is 1.76 bits per heavy atom. The topological polar surface area (TPSA) is 58.2 Å². The smallest absolute Gasteiger partial charge is 0.313 e. The van der Waals surface area contributed by atoms with Crippen molar-refractivity contribution in [3.8, 4) is 0 Å². The van der Waals surface area contributed by atoms with Crippen LogP contribution in [0.15, 0.2) is 24.3 Å². The standard InChI is InChI=1S/C17H24N2O2/c1-3-13-6-4-5-7-15(13)19-17(21)16(20)18-14-10-8-12(2)9-11-14/h4-7,12,14H,3,8-11H2,1-2H3,(H,18,20)(H,19,21). The molecule has 0 aliphatic heterocycles. The van der Waals surface area contributed by atoms with E-state index >= 15 is 0 Å². The van der Waals surface area contributed by atoms with E-state index in [1.54, 1.807) is 0 Å². The van der Waals surface area contributed by atoms with Gasteiger partial charge in [-0.3, -0.25) is 9.59 Å². The second-order valence-corrected chi connectivity index (χ2v) is 5.90. The van der Waals surface area contributed by atoms with Crippen LogP contribution in [0.4, 0.5) is 5.69 Å². The molecule has 1 saturated carbocycles. The third-order valence-corrected chi connectivity index (χ3v) is 4.20. The third kappa shape index (κ3) is 4.31. The Balaban J connectivity index is 1.89. The van der Waals surface area contributed by atoms with Crippen molar-refractivity contribution in [2.24, 2.45) is 5.92 Å². The van der Waals surface area contributed by atoms with Crippen molar-refractivity contribution in [2.75, 3.05) is 5.32 Å². The summed E-state index contributed by atoms with van der Waals surface area (Å²) in [6.07, 6.45) is 4.98. The summed E-state index contributed by atoms with van der Waals surface area (Å²) >= 11 is 0. The average molecular weight is 288 g/mol. The van der Waals surface area contributed by atoms with Crippen LogP contribution in [0, 0.1) is 5.92 Å². The fraction of sp³-hybridized carbons (Fsp3) is 0.529. The highest BCUT2D eigenvalue weighted by Gasteiger charge is 2.23. The first-order chi connectivity index (χ1) is 10.1. The van der Waals surface area contributed by atoms with Crippen LogP contribution in [-0.2, 0) is 16.0 Å². The Bertz CT molecular complexity index is 505. The van der Waals surface area contributed by atoms with Crippen LogP contribution in [0.3, 0.4) is 0 Å². The number of nitrogens with one attached hydrogen (secondary N) is 2. The summed E-state index contributed by atoms with van der Waals surface area (Å²) in [5, 5.41) is 5.55. The molecular formula is C17H24N2O2. The zero-order chi connectivity index (χ0) is 15.2. The summed E-state index contributed by atoms with van der Waals surface area (Å²) in [5.41, 5.74) is 1.75. The summed E-state index contributed by atoms with van der Waals surface area (Å²) in [5.74, 6) is -0.376. The van der Waals surface area contributed by atoms with Gasteiger partial charge in [0.1, 0.15) is 0 Å². The minimum atomic E-state index is -0.575. The van der Waals surface area contributed by atoms with Gasteiger partial charge in [-0.05, 0) is 49.7 Å². The zero-order valence-electron chi connectivity index (χ0n) is 12.8. The highest BCUT2D eigenvalue weighted by Crippen LogP contribution is 2.23. The van der Waals surface area contributed by atoms with Crippen LogP contribution in [0.25, 0.3) is 0 Å². The lowest BCUT2D eigenvalue weighted by atomic mass is 9.87. The van der Waals surface area contributed by atoms with Crippen molar-refractivity contribution in [3.05, 3.63) is 29.8 Å². The number of aryl methyl sites for hydroxylation is 1. The largest absolute Gasteiger partial charge is 0.345 e. The molecule has 0 unspecified atom stereocenters. The molecule has 0 saturated heterocycles. The van der Waals surface area contributed by atoms with E-state index in [9.17, 15) is 9.59 Å². The molecule has 114 valence electrons. The van der Waals surface area contributed by atoms with E-state index in [-0.39, 0.29) is 6.04 Å². The van der Waals surface area contributed by atoms with Gasteiger partial charge < -0.3 is 10.6 Å². The second kappa shape index (κ2) is 7.25. The van der Waals surface area contributed by atoms with Crippen LogP contribution in [0.1, 0.15) is 45.1 Å². The predicted molar refractivity (Wildman–Crippen MR) is 84.0 cm³/mol. The van der Waals surface area contributed by atoms with E-state index in [0.29, 0.717) is 0 Å². The summed E-state index contributed by atoms with van der Waals surface area (Å²) in [6.45, 7) is 4.25. The maximum Gasteiger partial charge on any atom is 0.313 e. The van der Waals surface area contributed by atoms with Crippen molar-refractivity contribution in [2.45, 2.75) is 52.0 Å². The third-order valence-electron chi connectivity index (χ3n) is 4.20. The predicted octanol–water partition coefficient (Wildman–Crippen LogP) is 2.88. The quantitative estimate of drug-likeness (QED) is 0.840. The number of carbonyl (C=O) groups excluding carboxylic acids is 2. The van der Waals surface area contributed by atoms with Crippen molar-refractivity contribution in [1.29, 1.82) is 0 Å². The van der Waals surface area contributed by atoms with Crippen molar-refractivity contribution < 1.29 is 9.59 Å². The normalized spacial score (nSPS) is 21.6. The highest BCUT2D eigenvalue weighted by atomic mass is 16.2. The average Bonchev–Trinajstić information content (AvgIpc) is 2.50. The first-order valence-electron chi connectivity index (χ1n) is 7.80. The van der Waals surface area contributed by atoms with Gasteiger partial charge in [-0.25, -0.2) is 0 Å². The lowest BCUT2D eigenvalue weighted by molar-refractivity contribution is -0.136. The monoisotopic (exact) mass is 288 g/mol. The van der Waals surface area contributed by atoms with Gasteiger partial charge in [0.15, 0.2) is 0 Å². The molecule has 4 nitrogen and oxygen atoms in total. The Labute approximate surface area is 126 Å². The summed E-state index contributed by atoms with van der Waals surface area (Å²) in [4.78, 5) is 24.0. The first-order valence-corrected chi connectivity index (χ1v) is 7.80. The van der Waals surface area contributed by atoms with E-state index in [1.807, 2.05) is 31.2 Å². The van der Waals surface area contributed by atoms with Gasteiger partial charge in [0.25, 0.3) is 0 Å². The number of carbonyl (C=O) groups is 2. The summed E-state index contributed by atoms with van der Waals surface area (Å²) in [7, 11) is 0. The van der Waals surface area contributed by atoms with E-state index < -0.39 is 11.8 Å². The summed E-state index contributed by atoms with van der Waals surface area (Å²) in [6, 6.07) is 7.70. The first kappa shape index (κ1) is 15.5. The zero-order valence-corrected chi connectivity index (χ0v) is 12.8. The van der Waals surface area contributed by atoms with E-state index in [4.69, 9.17) is 0 Å². The second-order valence-electron chi connectivity index (χ2n) is 5.90. The minimum absolute atomic E-state index is 0.140. The van der Waals surface area contributed by atoms with Crippen LogP contribution in [0.5, 0.6) is 0 Å². The number of hydrogen-bond donors (Lipinski definition) is 2. The number of rotatable bonds is 3. The van der Waals surface area contributed by atoms with Gasteiger partial charge in [0.05, 0.1) is 0 Å². The van der Waals surface area contributed by atoms with Gasteiger partial charge in [0, 0.05) is 11.7 Å². The molecule has 2 N–H and O–H groups in total. The number of para-hydroxylation sites is 1. The molecule has 2 rings (SSSR count). The van der Waals surface area contributed by atoms with Gasteiger partial charge in [-0.15, -0.1) is 0 Å². The molecule has 4 heteroatoms. The SMILES string of the molecule is CCc1ccccc1NC(=O)C(=O)NC1CCC(C)CC1. The molecule has 1 aliphatic carbocycles.